The fraction of sp³-hybridized carbons (Fsp3) is 0.600. The lowest BCUT2D eigenvalue weighted by molar-refractivity contribution is 0.0695. The van der Waals surface area contributed by atoms with Gasteiger partial charge in [-0.25, -0.2) is 9.78 Å². The summed E-state index contributed by atoms with van der Waals surface area (Å²) in [4.78, 5) is 18.0. The van der Waals surface area contributed by atoms with Gasteiger partial charge in [0.2, 0.25) is 0 Å². The third-order valence-corrected chi connectivity index (χ3v) is 3.67. The molecule has 2 heterocycles. The molecule has 1 aliphatic heterocycles. The van der Waals surface area contributed by atoms with E-state index in [0.717, 1.165) is 37.3 Å². The van der Waals surface area contributed by atoms with Crippen molar-refractivity contribution in [3.05, 3.63) is 22.9 Å². The van der Waals surface area contributed by atoms with Crippen LogP contribution in [-0.2, 0) is 4.74 Å². The summed E-state index contributed by atoms with van der Waals surface area (Å²) < 4.78 is 5.65. The number of nitrogens with zero attached hydrogens (tertiary/aromatic N) is 2. The second kappa shape index (κ2) is 6.22. The number of anilines is 1. The van der Waals surface area contributed by atoms with Crippen molar-refractivity contribution in [2.45, 2.75) is 39.7 Å². The van der Waals surface area contributed by atoms with E-state index in [0.29, 0.717) is 17.9 Å². The number of aryl methyl sites for hydroxylation is 2. The molecule has 5 heteroatoms. The monoisotopic (exact) mass is 278 g/mol. The van der Waals surface area contributed by atoms with Crippen LogP contribution in [0.5, 0.6) is 0 Å². The number of hydrogen-bond donors (Lipinski definition) is 1. The number of ether oxygens (including phenoxy) is 1. The van der Waals surface area contributed by atoms with Gasteiger partial charge in [-0.05, 0) is 45.2 Å². The fourth-order valence-electron chi connectivity index (χ4n) is 2.71. The maximum absolute atomic E-state index is 11.5. The van der Waals surface area contributed by atoms with E-state index in [9.17, 15) is 9.90 Å². The minimum Gasteiger partial charge on any atom is -0.478 e. The molecular formula is C15H22N2O3. The van der Waals surface area contributed by atoms with Crippen LogP contribution in [0.1, 0.15) is 41.4 Å². The molecule has 0 aliphatic carbocycles. The summed E-state index contributed by atoms with van der Waals surface area (Å²) in [5.74, 6) is -0.358. The highest BCUT2D eigenvalue weighted by atomic mass is 16.5. The molecule has 1 N–H and O–H groups in total. The van der Waals surface area contributed by atoms with Crippen molar-refractivity contribution in [2.75, 3.05) is 24.6 Å². The normalized spacial score (nSPS) is 18.2. The number of likely N-dealkylation sites (N-methyl/N-ethyl adjacent to an activating group) is 1. The van der Waals surface area contributed by atoms with Crippen molar-refractivity contribution in [3.8, 4) is 0 Å². The molecule has 0 saturated carbocycles. The number of hydrogen-bond acceptors (Lipinski definition) is 4. The van der Waals surface area contributed by atoms with Gasteiger partial charge in [-0.3, -0.25) is 0 Å². The van der Waals surface area contributed by atoms with Gasteiger partial charge in [0.25, 0.3) is 0 Å². The Labute approximate surface area is 119 Å². The zero-order valence-electron chi connectivity index (χ0n) is 12.3. The summed E-state index contributed by atoms with van der Waals surface area (Å²) in [5.41, 5.74) is 1.90. The number of aromatic carboxylic acids is 1. The van der Waals surface area contributed by atoms with Crippen LogP contribution in [0.25, 0.3) is 0 Å². The van der Waals surface area contributed by atoms with E-state index in [2.05, 4.69) is 4.98 Å². The van der Waals surface area contributed by atoms with E-state index >= 15 is 0 Å². The molecule has 1 aromatic heterocycles. The minimum atomic E-state index is -0.921. The number of pyridine rings is 1. The molecule has 0 amide bonds. The van der Waals surface area contributed by atoms with Crippen molar-refractivity contribution in [1.29, 1.82) is 0 Å². The molecule has 0 aromatic carbocycles. The number of carboxylic acid groups (broad SMARTS) is 1. The van der Waals surface area contributed by atoms with Gasteiger partial charge in [0.1, 0.15) is 11.4 Å². The summed E-state index contributed by atoms with van der Waals surface area (Å²) in [5, 5.41) is 9.44. The van der Waals surface area contributed by atoms with Crippen LogP contribution in [0.2, 0.25) is 0 Å². The van der Waals surface area contributed by atoms with Crippen LogP contribution < -0.4 is 4.90 Å². The van der Waals surface area contributed by atoms with Gasteiger partial charge in [0.05, 0.1) is 6.10 Å². The van der Waals surface area contributed by atoms with Gasteiger partial charge in [0.15, 0.2) is 0 Å². The fourth-order valence-corrected chi connectivity index (χ4v) is 2.71. The average Bonchev–Trinajstić information content (AvgIpc) is 2.87. The topological polar surface area (TPSA) is 62.7 Å². The van der Waals surface area contributed by atoms with E-state index in [1.165, 1.54) is 0 Å². The highest BCUT2D eigenvalue weighted by Gasteiger charge is 2.24. The molecule has 1 saturated heterocycles. The molecular weight excluding hydrogens is 256 g/mol. The number of carboxylic acids is 1. The first-order valence-electron chi connectivity index (χ1n) is 7.11. The molecule has 110 valence electrons. The Morgan fingerprint density at radius 2 is 2.30 bits per heavy atom. The van der Waals surface area contributed by atoms with Crippen molar-refractivity contribution in [2.24, 2.45) is 0 Å². The molecule has 1 aromatic rings. The molecule has 20 heavy (non-hydrogen) atoms. The second-order valence-electron chi connectivity index (χ2n) is 5.26. The molecule has 1 aliphatic rings. The first-order chi connectivity index (χ1) is 9.52. The van der Waals surface area contributed by atoms with Crippen molar-refractivity contribution in [1.82, 2.24) is 4.98 Å². The van der Waals surface area contributed by atoms with Gasteiger partial charge in [-0.2, -0.15) is 0 Å². The summed E-state index contributed by atoms with van der Waals surface area (Å²) in [6.45, 7) is 7.94. The second-order valence-corrected chi connectivity index (χ2v) is 5.26. The SMILES string of the molecule is CCN(CC1CCCO1)c1nc(C)cc(C)c1C(=O)O. The number of aromatic nitrogens is 1. The lowest BCUT2D eigenvalue weighted by Gasteiger charge is -2.27. The van der Waals surface area contributed by atoms with E-state index in [-0.39, 0.29) is 6.10 Å². The molecule has 0 spiro atoms. The smallest absolute Gasteiger partial charge is 0.339 e. The van der Waals surface area contributed by atoms with Crippen LogP contribution >= 0.6 is 0 Å². The van der Waals surface area contributed by atoms with Gasteiger partial charge in [-0.15, -0.1) is 0 Å². The number of rotatable bonds is 5. The summed E-state index contributed by atoms with van der Waals surface area (Å²) in [6.07, 6.45) is 2.29. The maximum atomic E-state index is 11.5. The zero-order valence-corrected chi connectivity index (χ0v) is 12.3. The number of carbonyl (C=O) groups is 1. The Balaban J connectivity index is 2.34. The molecule has 2 rings (SSSR count). The predicted molar refractivity (Wildman–Crippen MR) is 77.5 cm³/mol. The molecule has 5 nitrogen and oxygen atoms in total. The third kappa shape index (κ3) is 3.10. The van der Waals surface area contributed by atoms with Crippen LogP contribution in [-0.4, -0.2) is 41.9 Å². The van der Waals surface area contributed by atoms with Crippen LogP contribution in [0, 0.1) is 13.8 Å². The quantitative estimate of drug-likeness (QED) is 0.896. The first-order valence-corrected chi connectivity index (χ1v) is 7.11. The summed E-state index contributed by atoms with van der Waals surface area (Å²) in [7, 11) is 0. The Morgan fingerprint density at radius 1 is 1.55 bits per heavy atom. The van der Waals surface area contributed by atoms with Gasteiger partial charge in [0, 0.05) is 25.4 Å². The van der Waals surface area contributed by atoms with Crippen molar-refractivity contribution >= 4 is 11.8 Å². The Morgan fingerprint density at radius 3 is 2.85 bits per heavy atom. The standard InChI is InChI=1S/C15H22N2O3/c1-4-17(9-12-6-5-7-20-12)14-13(15(18)19)10(2)8-11(3)16-14/h8,12H,4-7,9H2,1-3H3,(H,18,19). The third-order valence-electron chi connectivity index (χ3n) is 3.67. The first kappa shape index (κ1) is 14.8. The Bertz CT molecular complexity index is 496. The summed E-state index contributed by atoms with van der Waals surface area (Å²) >= 11 is 0. The van der Waals surface area contributed by atoms with Crippen LogP contribution in [0.4, 0.5) is 5.82 Å². The average molecular weight is 278 g/mol. The van der Waals surface area contributed by atoms with E-state index in [1.807, 2.05) is 31.7 Å². The maximum Gasteiger partial charge on any atom is 0.339 e. The Kier molecular flexibility index (Phi) is 4.60. The molecule has 1 fully saturated rings. The summed E-state index contributed by atoms with van der Waals surface area (Å²) in [6, 6.07) is 1.81. The highest BCUT2D eigenvalue weighted by molar-refractivity contribution is 5.95. The van der Waals surface area contributed by atoms with E-state index in [4.69, 9.17) is 4.74 Å². The molecule has 1 atom stereocenters. The van der Waals surface area contributed by atoms with Crippen LogP contribution in [0.15, 0.2) is 6.07 Å². The lowest BCUT2D eigenvalue weighted by Crippen LogP contribution is -2.34. The molecule has 1 unspecified atom stereocenters. The zero-order chi connectivity index (χ0) is 14.7. The van der Waals surface area contributed by atoms with Gasteiger partial charge >= 0.3 is 5.97 Å². The Hall–Kier alpha value is -1.62. The lowest BCUT2D eigenvalue weighted by atomic mass is 10.1. The van der Waals surface area contributed by atoms with Crippen molar-refractivity contribution < 1.29 is 14.6 Å². The largest absolute Gasteiger partial charge is 0.478 e. The van der Waals surface area contributed by atoms with Crippen LogP contribution in [0.3, 0.4) is 0 Å². The van der Waals surface area contributed by atoms with E-state index < -0.39 is 5.97 Å². The predicted octanol–water partition coefficient (Wildman–Crippen LogP) is 2.40. The van der Waals surface area contributed by atoms with E-state index in [1.54, 1.807) is 0 Å². The van der Waals surface area contributed by atoms with Gasteiger partial charge in [-0.1, -0.05) is 0 Å². The molecule has 0 bridgehead atoms. The van der Waals surface area contributed by atoms with Crippen molar-refractivity contribution in [3.63, 3.8) is 0 Å². The highest BCUT2D eigenvalue weighted by Crippen LogP contribution is 2.24. The minimum absolute atomic E-state index is 0.180. The van der Waals surface area contributed by atoms with Gasteiger partial charge < -0.3 is 14.7 Å². The molecule has 0 radical (unpaired) electrons.